The van der Waals surface area contributed by atoms with Crippen LogP contribution in [0, 0.1) is 11.3 Å². The topological polar surface area (TPSA) is 96.4 Å². The van der Waals surface area contributed by atoms with Crippen molar-refractivity contribution in [3.63, 3.8) is 0 Å². The number of sulfonamides is 1. The van der Waals surface area contributed by atoms with Gasteiger partial charge >= 0.3 is 0 Å². The van der Waals surface area contributed by atoms with Gasteiger partial charge < -0.3 is 10.5 Å². The van der Waals surface area contributed by atoms with Gasteiger partial charge in [0.25, 0.3) is 0 Å². The maximum absolute atomic E-state index is 12.5. The summed E-state index contributed by atoms with van der Waals surface area (Å²) in [7, 11) is -3.36. The maximum Gasteiger partial charge on any atom is 0.218 e. The van der Waals surface area contributed by atoms with Gasteiger partial charge in [-0.25, -0.2) is 12.7 Å². The number of nitrogens with zero attached hydrogens (tertiary/aromatic N) is 2. The maximum atomic E-state index is 12.5. The highest BCUT2D eigenvalue weighted by Crippen LogP contribution is 2.20. The lowest BCUT2D eigenvalue weighted by molar-refractivity contribution is 0.0208. The lowest BCUT2D eigenvalue weighted by Gasteiger charge is -2.31. The molecule has 2 N–H and O–H groups in total. The van der Waals surface area contributed by atoms with Gasteiger partial charge in [0.2, 0.25) is 10.0 Å². The molecule has 2 rings (SSSR count). The zero-order valence-electron chi connectivity index (χ0n) is 13.1. The van der Waals surface area contributed by atoms with Crippen molar-refractivity contribution < 1.29 is 13.2 Å². The largest absolute Gasteiger partial charge is 0.378 e. The van der Waals surface area contributed by atoms with Crippen molar-refractivity contribution in [2.45, 2.75) is 31.1 Å². The Morgan fingerprint density at radius 2 is 2.09 bits per heavy atom. The van der Waals surface area contributed by atoms with Crippen LogP contribution in [-0.4, -0.2) is 45.1 Å². The molecule has 6 nitrogen and oxygen atoms in total. The highest BCUT2D eigenvalue weighted by molar-refractivity contribution is 7.88. The number of nitriles is 1. The average Bonchev–Trinajstić information content (AvgIpc) is 2.55. The van der Waals surface area contributed by atoms with Crippen LogP contribution in [0.2, 0.25) is 0 Å². The SMILES string of the molecule is N#Cc1cccc(CS(=O)(=O)N2CCC(OCCCN)CC2)c1. The first-order valence-electron chi connectivity index (χ1n) is 7.83. The second-order valence-electron chi connectivity index (χ2n) is 5.68. The Morgan fingerprint density at radius 3 is 2.74 bits per heavy atom. The lowest BCUT2D eigenvalue weighted by Crippen LogP contribution is -2.41. The van der Waals surface area contributed by atoms with Crippen molar-refractivity contribution in [3.8, 4) is 6.07 Å². The van der Waals surface area contributed by atoms with E-state index in [1.807, 2.05) is 6.07 Å². The second-order valence-corrected chi connectivity index (χ2v) is 7.65. The van der Waals surface area contributed by atoms with Gasteiger partial charge in [-0.3, -0.25) is 0 Å². The minimum atomic E-state index is -3.36. The number of ether oxygens (including phenoxy) is 1. The van der Waals surface area contributed by atoms with Crippen molar-refractivity contribution in [3.05, 3.63) is 35.4 Å². The standard InChI is InChI=1S/C16H23N3O3S/c17-7-2-10-22-16-5-8-19(9-6-16)23(20,21)13-15-4-1-3-14(11-15)12-18/h1,3-4,11,16H,2,5-10,13,17H2. The summed E-state index contributed by atoms with van der Waals surface area (Å²) in [6.45, 7) is 2.20. The van der Waals surface area contributed by atoms with E-state index in [0.29, 0.717) is 50.2 Å². The third kappa shape index (κ3) is 5.29. The molecule has 0 aliphatic carbocycles. The average molecular weight is 337 g/mol. The first-order chi connectivity index (χ1) is 11.0. The number of hydrogen-bond acceptors (Lipinski definition) is 5. The summed E-state index contributed by atoms with van der Waals surface area (Å²) in [5.41, 5.74) is 6.55. The van der Waals surface area contributed by atoms with E-state index >= 15 is 0 Å². The second kappa shape index (κ2) is 8.41. The number of hydrogen-bond donors (Lipinski definition) is 1. The molecule has 1 saturated heterocycles. The summed E-state index contributed by atoms with van der Waals surface area (Å²) in [5.74, 6) is -0.0682. The van der Waals surface area contributed by atoms with Crippen molar-refractivity contribution in [2.24, 2.45) is 5.73 Å². The fourth-order valence-corrected chi connectivity index (χ4v) is 4.19. The molecule has 23 heavy (non-hydrogen) atoms. The summed E-state index contributed by atoms with van der Waals surface area (Å²) in [4.78, 5) is 0. The van der Waals surface area contributed by atoms with E-state index in [4.69, 9.17) is 15.7 Å². The molecule has 0 amide bonds. The van der Waals surface area contributed by atoms with Crippen LogP contribution in [0.25, 0.3) is 0 Å². The Morgan fingerprint density at radius 1 is 1.35 bits per heavy atom. The minimum Gasteiger partial charge on any atom is -0.378 e. The van der Waals surface area contributed by atoms with Gasteiger partial charge in [-0.15, -0.1) is 0 Å². The molecule has 1 aromatic carbocycles. The predicted molar refractivity (Wildman–Crippen MR) is 88.0 cm³/mol. The van der Waals surface area contributed by atoms with Gasteiger partial charge in [0.15, 0.2) is 0 Å². The Hall–Kier alpha value is -1.46. The number of benzene rings is 1. The molecule has 0 aromatic heterocycles. The van der Waals surface area contributed by atoms with E-state index in [-0.39, 0.29) is 11.9 Å². The lowest BCUT2D eigenvalue weighted by atomic mass is 10.1. The third-order valence-electron chi connectivity index (χ3n) is 3.90. The first kappa shape index (κ1) is 17.9. The van der Waals surface area contributed by atoms with Crippen molar-refractivity contribution in [2.75, 3.05) is 26.2 Å². The third-order valence-corrected chi connectivity index (χ3v) is 5.75. The van der Waals surface area contributed by atoms with Gasteiger partial charge in [0.1, 0.15) is 0 Å². The quantitative estimate of drug-likeness (QED) is 0.755. The Labute approximate surface area is 137 Å². The van der Waals surface area contributed by atoms with E-state index in [1.54, 1.807) is 24.3 Å². The summed E-state index contributed by atoms with van der Waals surface area (Å²) in [5, 5.41) is 8.90. The molecular formula is C16H23N3O3S. The zero-order chi connectivity index (χ0) is 16.7. The van der Waals surface area contributed by atoms with E-state index in [9.17, 15) is 8.42 Å². The molecule has 0 unspecified atom stereocenters. The van der Waals surface area contributed by atoms with Crippen LogP contribution in [0.1, 0.15) is 30.4 Å². The summed E-state index contributed by atoms with van der Waals surface area (Å²) < 4.78 is 32.2. The van der Waals surface area contributed by atoms with E-state index in [2.05, 4.69) is 0 Å². The van der Waals surface area contributed by atoms with Gasteiger partial charge in [0, 0.05) is 19.7 Å². The van der Waals surface area contributed by atoms with E-state index < -0.39 is 10.0 Å². The molecular weight excluding hydrogens is 314 g/mol. The van der Waals surface area contributed by atoms with Crippen LogP contribution >= 0.6 is 0 Å². The molecule has 0 atom stereocenters. The van der Waals surface area contributed by atoms with E-state index in [1.165, 1.54) is 4.31 Å². The number of piperidine rings is 1. The summed E-state index contributed by atoms with van der Waals surface area (Å²) in [6, 6.07) is 8.77. The van der Waals surface area contributed by atoms with E-state index in [0.717, 1.165) is 6.42 Å². The molecule has 0 bridgehead atoms. The smallest absolute Gasteiger partial charge is 0.218 e. The molecule has 7 heteroatoms. The summed E-state index contributed by atoms with van der Waals surface area (Å²) >= 11 is 0. The molecule has 1 aliphatic heterocycles. The predicted octanol–water partition coefficient (Wildman–Crippen LogP) is 1.22. The van der Waals surface area contributed by atoms with Crippen LogP contribution in [-0.2, 0) is 20.5 Å². The summed E-state index contributed by atoms with van der Waals surface area (Å²) in [6.07, 6.45) is 2.37. The van der Waals surface area contributed by atoms with Gasteiger partial charge in [-0.1, -0.05) is 12.1 Å². The monoisotopic (exact) mass is 337 g/mol. The Bertz CT molecular complexity index is 647. The normalized spacial score (nSPS) is 17.0. The molecule has 126 valence electrons. The van der Waals surface area contributed by atoms with Crippen LogP contribution < -0.4 is 5.73 Å². The fourth-order valence-electron chi connectivity index (χ4n) is 2.64. The van der Waals surface area contributed by atoms with Crippen molar-refractivity contribution in [1.82, 2.24) is 4.31 Å². The van der Waals surface area contributed by atoms with Crippen LogP contribution in [0.4, 0.5) is 0 Å². The molecule has 0 saturated carbocycles. The molecule has 0 spiro atoms. The van der Waals surface area contributed by atoms with Crippen LogP contribution in [0.15, 0.2) is 24.3 Å². The molecule has 1 aromatic rings. The van der Waals surface area contributed by atoms with Gasteiger partial charge in [-0.2, -0.15) is 5.26 Å². The molecule has 1 fully saturated rings. The molecule has 1 heterocycles. The minimum absolute atomic E-state index is 0.0682. The number of nitrogens with two attached hydrogens (primary N) is 1. The van der Waals surface area contributed by atoms with Crippen molar-refractivity contribution >= 4 is 10.0 Å². The van der Waals surface area contributed by atoms with Crippen LogP contribution in [0.3, 0.4) is 0 Å². The highest BCUT2D eigenvalue weighted by atomic mass is 32.2. The zero-order valence-corrected chi connectivity index (χ0v) is 14.0. The molecule has 1 aliphatic rings. The van der Waals surface area contributed by atoms with Gasteiger partial charge in [0.05, 0.1) is 23.5 Å². The first-order valence-corrected chi connectivity index (χ1v) is 9.44. The van der Waals surface area contributed by atoms with Crippen LogP contribution in [0.5, 0.6) is 0 Å². The Balaban J connectivity index is 1.90. The van der Waals surface area contributed by atoms with Crippen molar-refractivity contribution in [1.29, 1.82) is 5.26 Å². The fraction of sp³-hybridized carbons (Fsp3) is 0.562. The van der Waals surface area contributed by atoms with Gasteiger partial charge in [-0.05, 0) is 43.5 Å². The Kier molecular flexibility index (Phi) is 6.54. The highest BCUT2D eigenvalue weighted by Gasteiger charge is 2.28. The molecule has 0 radical (unpaired) electrons. The number of rotatable bonds is 7.